The molecule has 2 aromatic carbocycles. The molecule has 86 valence electrons. The van der Waals surface area contributed by atoms with Crippen LogP contribution in [0.2, 0.25) is 5.02 Å². The van der Waals surface area contributed by atoms with Crippen molar-refractivity contribution in [2.45, 2.75) is 0 Å². The Bertz CT molecular complexity index is 582. The number of carbonyl (C=O) groups excluding carboxylic acids is 1. The highest BCUT2D eigenvalue weighted by atomic mass is 35.5. The average Bonchev–Trinajstić information content (AvgIpc) is 2.32. The number of aldehydes is 1. The number of hydrogen-bond donors (Lipinski definition) is 0. The molecule has 0 fully saturated rings. The second-order valence-corrected chi connectivity index (χ2v) is 3.89. The van der Waals surface area contributed by atoms with Crippen LogP contribution < -0.4 is 0 Å². The molecule has 0 saturated heterocycles. The van der Waals surface area contributed by atoms with Crippen LogP contribution in [0.1, 0.15) is 10.4 Å². The molecular weight excluding hydrogens is 246 g/mol. The smallest absolute Gasteiger partial charge is 0.150 e. The molecule has 0 atom stereocenters. The van der Waals surface area contributed by atoms with Crippen LogP contribution in [0.25, 0.3) is 11.1 Å². The fourth-order valence-electron chi connectivity index (χ4n) is 1.56. The van der Waals surface area contributed by atoms with Crippen molar-refractivity contribution in [2.75, 3.05) is 0 Å². The molecule has 0 N–H and O–H groups in total. The van der Waals surface area contributed by atoms with Gasteiger partial charge < -0.3 is 0 Å². The fraction of sp³-hybridized carbons (Fsp3) is 0. The number of hydrogen-bond acceptors (Lipinski definition) is 1. The van der Waals surface area contributed by atoms with Gasteiger partial charge in [0.05, 0.1) is 5.02 Å². The van der Waals surface area contributed by atoms with Crippen molar-refractivity contribution in [3.05, 3.63) is 58.6 Å². The Kier molecular flexibility index (Phi) is 3.20. The zero-order chi connectivity index (χ0) is 12.4. The maximum Gasteiger partial charge on any atom is 0.150 e. The first kappa shape index (κ1) is 11.7. The minimum Gasteiger partial charge on any atom is -0.298 e. The predicted molar refractivity (Wildman–Crippen MR) is 62.2 cm³/mol. The van der Waals surface area contributed by atoms with Gasteiger partial charge in [0.2, 0.25) is 0 Å². The van der Waals surface area contributed by atoms with Crippen LogP contribution in [-0.4, -0.2) is 6.29 Å². The molecule has 0 unspecified atom stereocenters. The lowest BCUT2D eigenvalue weighted by Crippen LogP contribution is -1.90. The third-order valence-corrected chi connectivity index (χ3v) is 2.66. The maximum atomic E-state index is 13.0. The molecule has 0 spiro atoms. The third-order valence-electron chi connectivity index (χ3n) is 2.37. The van der Waals surface area contributed by atoms with Crippen LogP contribution in [0.3, 0.4) is 0 Å². The normalized spacial score (nSPS) is 10.3. The topological polar surface area (TPSA) is 17.1 Å². The lowest BCUT2D eigenvalue weighted by atomic mass is 10.0. The van der Waals surface area contributed by atoms with Crippen molar-refractivity contribution in [3.8, 4) is 11.1 Å². The largest absolute Gasteiger partial charge is 0.298 e. The Morgan fingerprint density at radius 2 is 1.82 bits per heavy atom. The van der Waals surface area contributed by atoms with Gasteiger partial charge in [-0.25, -0.2) is 8.78 Å². The van der Waals surface area contributed by atoms with Gasteiger partial charge in [-0.2, -0.15) is 0 Å². The molecule has 0 aliphatic heterocycles. The Balaban J connectivity index is 2.59. The molecule has 0 heterocycles. The average molecular weight is 253 g/mol. The molecule has 0 aliphatic rings. The van der Waals surface area contributed by atoms with Crippen molar-refractivity contribution in [3.63, 3.8) is 0 Å². The summed E-state index contributed by atoms with van der Waals surface area (Å²) in [7, 11) is 0. The molecule has 2 aromatic rings. The first-order valence-corrected chi connectivity index (χ1v) is 5.20. The Labute approximate surface area is 102 Å². The van der Waals surface area contributed by atoms with E-state index < -0.39 is 11.6 Å². The van der Waals surface area contributed by atoms with Gasteiger partial charge in [0, 0.05) is 5.56 Å². The highest BCUT2D eigenvalue weighted by molar-refractivity contribution is 6.31. The zero-order valence-corrected chi connectivity index (χ0v) is 9.34. The van der Waals surface area contributed by atoms with Crippen LogP contribution in [0.5, 0.6) is 0 Å². The number of benzene rings is 2. The van der Waals surface area contributed by atoms with Crippen molar-refractivity contribution >= 4 is 17.9 Å². The van der Waals surface area contributed by atoms with Crippen LogP contribution in [0, 0.1) is 11.6 Å². The van der Waals surface area contributed by atoms with Crippen molar-refractivity contribution in [2.24, 2.45) is 0 Å². The van der Waals surface area contributed by atoms with Gasteiger partial charge in [-0.05, 0) is 35.4 Å². The molecule has 0 aliphatic carbocycles. The molecule has 0 amide bonds. The van der Waals surface area contributed by atoms with E-state index in [-0.39, 0.29) is 10.6 Å². The zero-order valence-electron chi connectivity index (χ0n) is 8.58. The van der Waals surface area contributed by atoms with E-state index >= 15 is 0 Å². The van der Waals surface area contributed by atoms with Crippen LogP contribution in [-0.2, 0) is 0 Å². The van der Waals surface area contributed by atoms with Crippen LogP contribution >= 0.6 is 11.6 Å². The van der Waals surface area contributed by atoms with Crippen molar-refractivity contribution in [1.29, 1.82) is 0 Å². The first-order chi connectivity index (χ1) is 8.11. The van der Waals surface area contributed by atoms with Gasteiger partial charge in [0.15, 0.2) is 6.29 Å². The second kappa shape index (κ2) is 4.63. The highest BCUT2D eigenvalue weighted by Crippen LogP contribution is 2.27. The molecular formula is C13H7ClF2O. The number of rotatable bonds is 2. The molecule has 1 nitrogen and oxygen atoms in total. The molecule has 2 rings (SSSR count). The summed E-state index contributed by atoms with van der Waals surface area (Å²) in [6, 6.07) is 7.91. The minimum atomic E-state index is -0.537. The lowest BCUT2D eigenvalue weighted by Gasteiger charge is -2.06. The van der Waals surface area contributed by atoms with E-state index in [4.69, 9.17) is 11.6 Å². The van der Waals surface area contributed by atoms with E-state index in [9.17, 15) is 13.6 Å². The van der Waals surface area contributed by atoms with E-state index in [1.54, 1.807) is 0 Å². The standard InChI is InChI=1S/C13H7ClF2O/c14-12-6-8(1-4-13(12)16)11-3-2-10(15)5-9(11)7-17/h1-7H. The maximum absolute atomic E-state index is 13.0. The van der Waals surface area contributed by atoms with Crippen LogP contribution in [0.15, 0.2) is 36.4 Å². The van der Waals surface area contributed by atoms with Gasteiger partial charge >= 0.3 is 0 Å². The van der Waals surface area contributed by atoms with E-state index in [0.29, 0.717) is 17.4 Å². The van der Waals surface area contributed by atoms with Gasteiger partial charge in [-0.15, -0.1) is 0 Å². The molecule has 0 saturated carbocycles. The van der Waals surface area contributed by atoms with Gasteiger partial charge in [-0.3, -0.25) is 4.79 Å². The predicted octanol–water partition coefficient (Wildman–Crippen LogP) is 4.10. The summed E-state index contributed by atoms with van der Waals surface area (Å²) in [5.74, 6) is -1.03. The third kappa shape index (κ3) is 2.34. The number of halogens is 3. The first-order valence-electron chi connectivity index (χ1n) is 4.82. The summed E-state index contributed by atoms with van der Waals surface area (Å²) in [5.41, 5.74) is 1.29. The molecule has 0 bridgehead atoms. The minimum absolute atomic E-state index is 0.0383. The van der Waals surface area contributed by atoms with Gasteiger partial charge in [0.25, 0.3) is 0 Å². The fourth-order valence-corrected chi connectivity index (χ4v) is 1.74. The lowest BCUT2D eigenvalue weighted by molar-refractivity contribution is 0.112. The summed E-state index contributed by atoms with van der Waals surface area (Å²) in [5, 5.41) is -0.0383. The van der Waals surface area contributed by atoms with E-state index in [1.165, 1.54) is 30.3 Å². The molecule has 4 heteroatoms. The summed E-state index contributed by atoms with van der Waals surface area (Å²) >= 11 is 5.65. The quantitative estimate of drug-likeness (QED) is 0.736. The monoisotopic (exact) mass is 252 g/mol. The van der Waals surface area contributed by atoms with Gasteiger partial charge in [-0.1, -0.05) is 23.7 Å². The molecule has 17 heavy (non-hydrogen) atoms. The summed E-state index contributed by atoms with van der Waals surface area (Å²) in [6.07, 6.45) is 0.551. The summed E-state index contributed by atoms with van der Waals surface area (Å²) in [6.45, 7) is 0. The molecule has 0 radical (unpaired) electrons. The summed E-state index contributed by atoms with van der Waals surface area (Å²) in [4.78, 5) is 10.8. The van der Waals surface area contributed by atoms with Gasteiger partial charge in [0.1, 0.15) is 11.6 Å². The SMILES string of the molecule is O=Cc1cc(F)ccc1-c1ccc(F)c(Cl)c1. The number of carbonyl (C=O) groups is 1. The van der Waals surface area contributed by atoms with Crippen LogP contribution in [0.4, 0.5) is 8.78 Å². The second-order valence-electron chi connectivity index (χ2n) is 3.48. The molecule has 0 aromatic heterocycles. The Morgan fingerprint density at radius 3 is 2.47 bits per heavy atom. The van der Waals surface area contributed by atoms with E-state index in [0.717, 1.165) is 6.07 Å². The Hall–Kier alpha value is -1.74. The van der Waals surface area contributed by atoms with Crippen molar-refractivity contribution < 1.29 is 13.6 Å². The highest BCUT2D eigenvalue weighted by Gasteiger charge is 2.08. The Morgan fingerprint density at radius 1 is 1.06 bits per heavy atom. The summed E-state index contributed by atoms with van der Waals surface area (Å²) < 4.78 is 25.9. The van der Waals surface area contributed by atoms with E-state index in [2.05, 4.69) is 0 Å². The van der Waals surface area contributed by atoms with Crippen molar-refractivity contribution in [1.82, 2.24) is 0 Å². The van der Waals surface area contributed by atoms with E-state index in [1.807, 2.05) is 0 Å².